The van der Waals surface area contributed by atoms with Crippen molar-refractivity contribution >= 4 is 17.8 Å². The third-order valence-electron chi connectivity index (χ3n) is 1.57. The lowest BCUT2D eigenvalue weighted by Crippen LogP contribution is -2.59. The molecule has 0 aliphatic heterocycles. The maximum Gasteiger partial charge on any atom is 0.341 e. The summed E-state index contributed by atoms with van der Waals surface area (Å²) in [6.45, 7) is 4.28. The van der Waals surface area contributed by atoms with Crippen molar-refractivity contribution in [2.45, 2.75) is 18.9 Å². The average molecular weight is 201 g/mol. The van der Waals surface area contributed by atoms with Gasteiger partial charge in [0.25, 0.3) is 0 Å². The van der Waals surface area contributed by atoms with Gasteiger partial charge in [0.15, 0.2) is 0 Å². The van der Waals surface area contributed by atoms with Crippen LogP contribution in [0.1, 0.15) is 13.3 Å². The predicted molar refractivity (Wildman–Crippen MR) is 46.6 cm³/mol. The standard InChI is InChI=1S/C8H11NO5/c1-3-4-8(6(11)12,7(13)14)9-5(2)10/h3H,1,4H2,2H3,(H,9,10)(H,11,12)(H,13,14). The Morgan fingerprint density at radius 2 is 1.79 bits per heavy atom. The molecule has 0 aromatic heterocycles. The normalized spacial score (nSPS) is 10.4. The van der Waals surface area contributed by atoms with Crippen LogP contribution in [0.3, 0.4) is 0 Å². The Morgan fingerprint density at radius 1 is 1.36 bits per heavy atom. The number of amides is 1. The minimum absolute atomic E-state index is 0.378. The van der Waals surface area contributed by atoms with Crippen molar-refractivity contribution in [3.63, 3.8) is 0 Å². The van der Waals surface area contributed by atoms with E-state index in [0.29, 0.717) is 0 Å². The van der Waals surface area contributed by atoms with Crippen LogP contribution in [0.2, 0.25) is 0 Å². The molecule has 0 aliphatic carbocycles. The van der Waals surface area contributed by atoms with Crippen LogP contribution in [-0.4, -0.2) is 33.6 Å². The van der Waals surface area contributed by atoms with Crippen LogP contribution in [0.4, 0.5) is 0 Å². The Labute approximate surface area is 80.2 Å². The molecule has 0 saturated heterocycles. The van der Waals surface area contributed by atoms with Gasteiger partial charge in [0.2, 0.25) is 11.4 Å². The highest BCUT2D eigenvalue weighted by atomic mass is 16.4. The zero-order chi connectivity index (χ0) is 11.4. The summed E-state index contributed by atoms with van der Waals surface area (Å²) in [5, 5.41) is 19.3. The summed E-state index contributed by atoms with van der Waals surface area (Å²) in [7, 11) is 0. The number of carbonyl (C=O) groups is 3. The summed E-state index contributed by atoms with van der Waals surface area (Å²) in [5.41, 5.74) is -2.31. The molecule has 0 unspecified atom stereocenters. The van der Waals surface area contributed by atoms with Crippen LogP contribution < -0.4 is 5.32 Å². The van der Waals surface area contributed by atoms with Gasteiger partial charge in [-0.15, -0.1) is 6.58 Å². The van der Waals surface area contributed by atoms with Gasteiger partial charge in [0.05, 0.1) is 0 Å². The molecular formula is C8H11NO5. The number of rotatable bonds is 5. The molecule has 0 fully saturated rings. The van der Waals surface area contributed by atoms with Gasteiger partial charge in [-0.2, -0.15) is 0 Å². The van der Waals surface area contributed by atoms with Crippen molar-refractivity contribution in [1.29, 1.82) is 0 Å². The van der Waals surface area contributed by atoms with Crippen molar-refractivity contribution in [2.75, 3.05) is 0 Å². The maximum atomic E-state index is 10.7. The highest BCUT2D eigenvalue weighted by molar-refractivity contribution is 6.06. The van der Waals surface area contributed by atoms with E-state index in [-0.39, 0.29) is 6.42 Å². The van der Waals surface area contributed by atoms with Crippen LogP contribution in [-0.2, 0) is 14.4 Å². The summed E-state index contributed by atoms with van der Waals surface area (Å²) in [4.78, 5) is 32.2. The van der Waals surface area contributed by atoms with E-state index >= 15 is 0 Å². The Kier molecular flexibility index (Phi) is 3.82. The Balaban J connectivity index is 5.13. The van der Waals surface area contributed by atoms with Crippen LogP contribution >= 0.6 is 0 Å². The molecule has 0 bridgehead atoms. The zero-order valence-corrected chi connectivity index (χ0v) is 7.61. The number of nitrogens with one attached hydrogen (secondary N) is 1. The number of aliphatic carboxylic acids is 2. The monoisotopic (exact) mass is 201 g/mol. The minimum Gasteiger partial charge on any atom is -0.479 e. The molecule has 0 aromatic rings. The van der Waals surface area contributed by atoms with Crippen molar-refractivity contribution in [2.24, 2.45) is 0 Å². The van der Waals surface area contributed by atoms with Crippen molar-refractivity contribution in [1.82, 2.24) is 5.32 Å². The molecule has 0 rings (SSSR count). The van der Waals surface area contributed by atoms with Gasteiger partial charge in [-0.05, 0) is 0 Å². The lowest BCUT2D eigenvalue weighted by molar-refractivity contribution is -0.160. The lowest BCUT2D eigenvalue weighted by Gasteiger charge is -2.23. The molecule has 6 nitrogen and oxygen atoms in total. The Bertz CT molecular complexity index is 269. The third kappa shape index (κ3) is 2.32. The molecule has 0 aromatic carbocycles. The smallest absolute Gasteiger partial charge is 0.341 e. The summed E-state index contributed by atoms with van der Waals surface area (Å²) in [6, 6.07) is 0. The number of hydrogen-bond acceptors (Lipinski definition) is 3. The molecule has 78 valence electrons. The van der Waals surface area contributed by atoms with Gasteiger partial charge < -0.3 is 15.5 Å². The number of hydrogen-bond donors (Lipinski definition) is 3. The first-order valence-corrected chi connectivity index (χ1v) is 3.73. The predicted octanol–water partition coefficient (Wildman–Crippen LogP) is -0.393. The second-order valence-electron chi connectivity index (χ2n) is 2.69. The van der Waals surface area contributed by atoms with Crippen molar-refractivity contribution < 1.29 is 24.6 Å². The van der Waals surface area contributed by atoms with Crippen LogP contribution in [0, 0.1) is 0 Å². The molecule has 0 spiro atoms. The van der Waals surface area contributed by atoms with Gasteiger partial charge in [0, 0.05) is 13.3 Å². The molecule has 0 radical (unpaired) electrons. The van der Waals surface area contributed by atoms with E-state index in [4.69, 9.17) is 10.2 Å². The summed E-state index contributed by atoms with van der Waals surface area (Å²) in [5.74, 6) is -3.98. The van der Waals surface area contributed by atoms with E-state index in [1.165, 1.54) is 0 Å². The topological polar surface area (TPSA) is 104 Å². The Morgan fingerprint density at radius 3 is 2.00 bits per heavy atom. The first-order valence-electron chi connectivity index (χ1n) is 3.73. The van der Waals surface area contributed by atoms with E-state index in [0.717, 1.165) is 13.0 Å². The highest BCUT2D eigenvalue weighted by Crippen LogP contribution is 2.12. The van der Waals surface area contributed by atoms with Gasteiger partial charge in [-0.25, -0.2) is 9.59 Å². The van der Waals surface area contributed by atoms with Gasteiger partial charge >= 0.3 is 11.9 Å². The second-order valence-corrected chi connectivity index (χ2v) is 2.69. The Hall–Kier alpha value is -1.85. The fraction of sp³-hybridized carbons (Fsp3) is 0.375. The fourth-order valence-corrected chi connectivity index (χ4v) is 0.941. The van der Waals surface area contributed by atoms with E-state index < -0.39 is 23.4 Å². The molecule has 0 atom stereocenters. The number of carboxylic acid groups (broad SMARTS) is 2. The highest BCUT2D eigenvalue weighted by Gasteiger charge is 2.46. The van der Waals surface area contributed by atoms with E-state index in [2.05, 4.69) is 6.58 Å². The SMILES string of the molecule is C=CCC(NC(C)=O)(C(=O)O)C(=O)O. The van der Waals surface area contributed by atoms with Crippen LogP contribution in [0.25, 0.3) is 0 Å². The molecule has 3 N–H and O–H groups in total. The van der Waals surface area contributed by atoms with Crippen molar-refractivity contribution in [3.05, 3.63) is 12.7 Å². The molecule has 1 amide bonds. The average Bonchev–Trinajstić information content (AvgIpc) is 2.01. The molecule has 0 heterocycles. The minimum atomic E-state index is -2.31. The number of carboxylic acids is 2. The van der Waals surface area contributed by atoms with Gasteiger partial charge in [0.1, 0.15) is 0 Å². The largest absolute Gasteiger partial charge is 0.479 e. The molecular weight excluding hydrogens is 190 g/mol. The first kappa shape index (κ1) is 12.2. The van der Waals surface area contributed by atoms with E-state index in [9.17, 15) is 14.4 Å². The first-order chi connectivity index (χ1) is 6.36. The summed E-state index contributed by atoms with van der Waals surface area (Å²) < 4.78 is 0. The number of carbonyl (C=O) groups excluding carboxylic acids is 1. The van der Waals surface area contributed by atoms with Gasteiger partial charge in [-0.1, -0.05) is 6.08 Å². The third-order valence-corrected chi connectivity index (χ3v) is 1.57. The summed E-state index contributed by atoms with van der Waals surface area (Å²) >= 11 is 0. The fourth-order valence-electron chi connectivity index (χ4n) is 0.941. The lowest BCUT2D eigenvalue weighted by atomic mass is 9.95. The van der Waals surface area contributed by atoms with E-state index in [1.807, 2.05) is 5.32 Å². The quantitative estimate of drug-likeness (QED) is 0.415. The summed E-state index contributed by atoms with van der Waals surface area (Å²) in [6.07, 6.45) is 0.745. The molecule has 0 saturated carbocycles. The van der Waals surface area contributed by atoms with Crippen LogP contribution in [0.15, 0.2) is 12.7 Å². The maximum absolute atomic E-state index is 10.7. The van der Waals surface area contributed by atoms with E-state index in [1.54, 1.807) is 0 Å². The van der Waals surface area contributed by atoms with Crippen LogP contribution in [0.5, 0.6) is 0 Å². The second kappa shape index (κ2) is 4.40. The molecule has 14 heavy (non-hydrogen) atoms. The van der Waals surface area contributed by atoms with Gasteiger partial charge in [-0.3, -0.25) is 4.79 Å². The zero-order valence-electron chi connectivity index (χ0n) is 7.61. The molecule has 0 aliphatic rings. The molecule has 6 heteroatoms. The van der Waals surface area contributed by atoms with Crippen molar-refractivity contribution in [3.8, 4) is 0 Å².